The van der Waals surface area contributed by atoms with Crippen molar-refractivity contribution in [3.05, 3.63) is 65.4 Å². The third-order valence-corrected chi connectivity index (χ3v) is 6.89. The van der Waals surface area contributed by atoms with Crippen LogP contribution >= 0.6 is 0 Å². The summed E-state index contributed by atoms with van der Waals surface area (Å²) in [4.78, 5) is 29.3. The van der Waals surface area contributed by atoms with E-state index < -0.39 is 0 Å². The number of pyridine rings is 1. The molecule has 6 heteroatoms. The molecule has 0 bridgehead atoms. The molecule has 2 aliphatic heterocycles. The number of ether oxygens (including phenoxy) is 3. The Hall–Kier alpha value is -2.99. The van der Waals surface area contributed by atoms with Crippen LogP contribution in [0.4, 0.5) is 0 Å². The topological polar surface area (TPSA) is 78.0 Å². The minimum atomic E-state index is -0.357. The first-order chi connectivity index (χ1) is 15.3. The second-order valence-corrected chi connectivity index (χ2v) is 9.23. The van der Waals surface area contributed by atoms with E-state index in [1.807, 2.05) is 31.2 Å². The summed E-state index contributed by atoms with van der Waals surface area (Å²) in [6.45, 7) is 8.18. The van der Waals surface area contributed by atoms with Gasteiger partial charge in [-0.1, -0.05) is 18.7 Å². The number of nitrogens with zero attached hydrogens (tertiary/aromatic N) is 1. The summed E-state index contributed by atoms with van der Waals surface area (Å²) in [7, 11) is 0. The van der Waals surface area contributed by atoms with Gasteiger partial charge in [-0.15, -0.1) is 0 Å². The maximum atomic E-state index is 12.7. The molecule has 0 N–H and O–H groups in total. The molecule has 2 aromatic rings. The molecular formula is C26H27NO5. The molecule has 3 aliphatic rings. The third kappa shape index (κ3) is 3.84. The fourth-order valence-electron chi connectivity index (χ4n) is 4.85. The average molecular weight is 434 g/mol. The lowest BCUT2D eigenvalue weighted by Gasteiger charge is -2.20. The molecule has 4 atom stereocenters. The van der Waals surface area contributed by atoms with Gasteiger partial charge in [-0.3, -0.25) is 4.98 Å². The number of epoxide rings is 1. The first-order valence-electron chi connectivity index (χ1n) is 11.1. The minimum Gasteiger partial charge on any atom is -0.458 e. The summed E-state index contributed by atoms with van der Waals surface area (Å²) in [5.74, 6) is -0.748. The van der Waals surface area contributed by atoms with Crippen LogP contribution in [-0.4, -0.2) is 41.3 Å². The number of fused-ring (bicyclic) bond motifs is 4. The molecule has 3 heterocycles. The molecule has 0 spiro atoms. The van der Waals surface area contributed by atoms with Gasteiger partial charge in [0.2, 0.25) is 0 Å². The van der Waals surface area contributed by atoms with Crippen molar-refractivity contribution >= 4 is 22.8 Å². The standard InChI is InChI=1S/C26H27NO5/c1-15-6-8-18-13-19(9-11-21(18)27-15)25(29)30-14-17-5-4-12-26(3)23(32-26)22-20(10-7-17)16(2)24(28)31-22/h5-6,8-9,11,13,20,22-23H,2,4,7,10,12,14H2,1,3H3/t20-,22-,23-,26+/m0/s1. The number of allylic oxidation sites excluding steroid dienone is 1. The van der Waals surface area contributed by atoms with Crippen molar-refractivity contribution in [2.75, 3.05) is 6.61 Å². The molecule has 0 radical (unpaired) electrons. The summed E-state index contributed by atoms with van der Waals surface area (Å²) in [6.07, 6.45) is 4.91. The van der Waals surface area contributed by atoms with E-state index in [2.05, 4.69) is 24.6 Å². The SMILES string of the molecule is C=C1C(=O)O[C@H]2[C@H]1CCC(COC(=O)c1ccc3nc(C)ccc3c1)=CCC[C@@]1(C)O[C@@H]21. The smallest absolute Gasteiger partial charge is 0.338 e. The van der Waals surface area contributed by atoms with Gasteiger partial charge in [-0.2, -0.15) is 0 Å². The fraction of sp³-hybridized carbons (Fsp3) is 0.423. The van der Waals surface area contributed by atoms with Crippen molar-refractivity contribution in [3.63, 3.8) is 0 Å². The number of hydrogen-bond donors (Lipinski definition) is 0. The van der Waals surface area contributed by atoms with Crippen molar-refractivity contribution in [2.45, 2.75) is 57.3 Å². The van der Waals surface area contributed by atoms with Crippen LogP contribution < -0.4 is 0 Å². The maximum absolute atomic E-state index is 12.7. The van der Waals surface area contributed by atoms with Crippen LogP contribution in [-0.2, 0) is 19.0 Å². The van der Waals surface area contributed by atoms with Crippen LogP contribution in [0, 0.1) is 12.8 Å². The minimum absolute atomic E-state index is 0.0605. The number of carbonyl (C=O) groups is 2. The average Bonchev–Trinajstić information content (AvgIpc) is 3.37. The zero-order valence-electron chi connectivity index (χ0n) is 18.4. The maximum Gasteiger partial charge on any atom is 0.338 e. The highest BCUT2D eigenvalue weighted by Crippen LogP contribution is 2.49. The summed E-state index contributed by atoms with van der Waals surface area (Å²) >= 11 is 0. The van der Waals surface area contributed by atoms with E-state index in [-0.39, 0.29) is 42.3 Å². The van der Waals surface area contributed by atoms with Gasteiger partial charge >= 0.3 is 11.9 Å². The van der Waals surface area contributed by atoms with Gasteiger partial charge in [-0.05, 0) is 69.4 Å². The normalized spacial score (nSPS) is 29.6. The summed E-state index contributed by atoms with van der Waals surface area (Å²) in [6, 6.07) is 9.29. The molecule has 6 nitrogen and oxygen atoms in total. The number of rotatable bonds is 3. The van der Waals surface area contributed by atoms with Crippen molar-refractivity contribution in [2.24, 2.45) is 5.92 Å². The predicted octanol–water partition coefficient (Wildman–Crippen LogP) is 4.46. The van der Waals surface area contributed by atoms with E-state index in [4.69, 9.17) is 14.2 Å². The second-order valence-electron chi connectivity index (χ2n) is 9.23. The summed E-state index contributed by atoms with van der Waals surface area (Å²) in [5.41, 5.74) is 3.59. The van der Waals surface area contributed by atoms with Crippen LogP contribution in [0.5, 0.6) is 0 Å². The Labute approximate surface area is 187 Å². The lowest BCUT2D eigenvalue weighted by molar-refractivity contribution is -0.140. The molecule has 0 unspecified atom stereocenters. The van der Waals surface area contributed by atoms with Crippen molar-refractivity contribution < 1.29 is 23.8 Å². The number of carbonyl (C=O) groups excluding carboxylic acids is 2. The van der Waals surface area contributed by atoms with Gasteiger partial charge < -0.3 is 14.2 Å². The van der Waals surface area contributed by atoms with Crippen molar-refractivity contribution in [1.29, 1.82) is 0 Å². The Morgan fingerprint density at radius 2 is 2.16 bits per heavy atom. The van der Waals surface area contributed by atoms with Crippen LogP contribution in [0.3, 0.4) is 0 Å². The van der Waals surface area contributed by atoms with E-state index in [0.29, 0.717) is 17.6 Å². The van der Waals surface area contributed by atoms with E-state index in [0.717, 1.165) is 41.4 Å². The molecule has 1 aromatic heterocycles. The van der Waals surface area contributed by atoms with Crippen LogP contribution in [0.1, 0.15) is 48.7 Å². The number of benzene rings is 1. The lowest BCUT2D eigenvalue weighted by Crippen LogP contribution is -2.29. The molecule has 32 heavy (non-hydrogen) atoms. The number of hydrogen-bond acceptors (Lipinski definition) is 6. The fourth-order valence-corrected chi connectivity index (χ4v) is 4.85. The number of aryl methyl sites for hydroxylation is 1. The Morgan fingerprint density at radius 3 is 3.00 bits per heavy atom. The van der Waals surface area contributed by atoms with E-state index >= 15 is 0 Å². The summed E-state index contributed by atoms with van der Waals surface area (Å²) < 4.78 is 17.2. The van der Waals surface area contributed by atoms with Crippen LogP contribution in [0.25, 0.3) is 10.9 Å². The highest BCUT2D eigenvalue weighted by molar-refractivity contribution is 5.94. The third-order valence-electron chi connectivity index (χ3n) is 6.89. The predicted molar refractivity (Wildman–Crippen MR) is 119 cm³/mol. The Kier molecular flexibility index (Phi) is 5.13. The number of aromatic nitrogens is 1. The largest absolute Gasteiger partial charge is 0.458 e. The van der Waals surface area contributed by atoms with Gasteiger partial charge in [0.25, 0.3) is 0 Å². The second kappa shape index (κ2) is 7.85. The molecule has 1 aromatic carbocycles. The highest BCUT2D eigenvalue weighted by atomic mass is 16.6. The highest BCUT2D eigenvalue weighted by Gasteiger charge is 2.61. The van der Waals surface area contributed by atoms with Crippen molar-refractivity contribution in [1.82, 2.24) is 4.98 Å². The molecule has 2 fully saturated rings. The molecule has 1 aliphatic carbocycles. The molecule has 2 saturated heterocycles. The monoisotopic (exact) mass is 433 g/mol. The molecule has 5 rings (SSSR count). The van der Waals surface area contributed by atoms with Gasteiger partial charge in [-0.25, -0.2) is 9.59 Å². The zero-order valence-corrected chi connectivity index (χ0v) is 18.4. The van der Waals surface area contributed by atoms with E-state index in [1.54, 1.807) is 6.07 Å². The number of esters is 2. The first-order valence-corrected chi connectivity index (χ1v) is 11.1. The molecule has 0 saturated carbocycles. The van der Waals surface area contributed by atoms with Crippen LogP contribution in [0.15, 0.2) is 54.1 Å². The van der Waals surface area contributed by atoms with Crippen LogP contribution in [0.2, 0.25) is 0 Å². The quantitative estimate of drug-likeness (QED) is 0.308. The molecule has 0 amide bonds. The van der Waals surface area contributed by atoms with Crippen molar-refractivity contribution in [3.8, 4) is 0 Å². The van der Waals surface area contributed by atoms with Gasteiger partial charge in [0.15, 0.2) is 0 Å². The Morgan fingerprint density at radius 1 is 1.31 bits per heavy atom. The Bertz CT molecular complexity index is 1150. The molecule has 166 valence electrons. The lowest BCUT2D eigenvalue weighted by atomic mass is 9.84. The van der Waals surface area contributed by atoms with E-state index in [1.165, 1.54) is 0 Å². The first kappa shape index (κ1) is 20.9. The molecular weight excluding hydrogens is 406 g/mol. The van der Waals surface area contributed by atoms with Gasteiger partial charge in [0.1, 0.15) is 18.8 Å². The van der Waals surface area contributed by atoms with Gasteiger partial charge in [0.05, 0.1) is 16.7 Å². The van der Waals surface area contributed by atoms with Gasteiger partial charge in [0, 0.05) is 22.6 Å². The zero-order chi connectivity index (χ0) is 22.5. The summed E-state index contributed by atoms with van der Waals surface area (Å²) in [5, 5.41) is 0.908. The van der Waals surface area contributed by atoms with E-state index in [9.17, 15) is 9.59 Å². The Balaban J connectivity index is 1.28.